The second kappa shape index (κ2) is 9.66. The fraction of sp³-hybridized carbons (Fsp3) is 0.333. The van der Waals surface area contributed by atoms with Crippen LogP contribution in [0.15, 0.2) is 57.8 Å². The van der Waals surface area contributed by atoms with Crippen LogP contribution >= 0.6 is 15.9 Å². The number of allylic oxidation sites excluding steroid dienone is 1. The molecule has 2 heterocycles. The van der Waals surface area contributed by atoms with E-state index in [0.29, 0.717) is 23.6 Å². The first kappa shape index (κ1) is 21.6. The van der Waals surface area contributed by atoms with Crippen molar-refractivity contribution in [2.45, 2.75) is 26.7 Å². The molecule has 7 heteroatoms. The molecule has 0 fully saturated rings. The number of carbonyl (C=O) groups excluding carboxylic acids is 1. The second-order valence-electron chi connectivity index (χ2n) is 7.68. The lowest BCUT2D eigenvalue weighted by Gasteiger charge is -2.19. The Labute approximate surface area is 191 Å². The molecule has 2 aromatic rings. The Hall–Kier alpha value is -2.64. The number of oxime groups is 1. The van der Waals surface area contributed by atoms with Crippen LogP contribution in [0.3, 0.4) is 0 Å². The van der Waals surface area contributed by atoms with Gasteiger partial charge in [-0.3, -0.25) is 9.69 Å². The monoisotopic (exact) mass is 482 g/mol. The molecule has 0 bridgehead atoms. The van der Waals surface area contributed by atoms with Crippen molar-refractivity contribution in [2.24, 2.45) is 5.16 Å². The highest BCUT2D eigenvalue weighted by Gasteiger charge is 2.34. The molecule has 2 aromatic carbocycles. The van der Waals surface area contributed by atoms with Gasteiger partial charge in [0.25, 0.3) is 5.91 Å². The lowest BCUT2D eigenvalue weighted by atomic mass is 10.0. The van der Waals surface area contributed by atoms with Gasteiger partial charge in [-0.1, -0.05) is 53.1 Å². The van der Waals surface area contributed by atoms with Crippen molar-refractivity contribution in [3.63, 3.8) is 0 Å². The van der Waals surface area contributed by atoms with E-state index < -0.39 is 0 Å². The number of carbonyl (C=O) groups is 1. The Kier molecular flexibility index (Phi) is 6.73. The van der Waals surface area contributed by atoms with Crippen LogP contribution in [0.1, 0.15) is 37.8 Å². The van der Waals surface area contributed by atoms with Gasteiger partial charge in [-0.05, 0) is 50.2 Å². The molecule has 0 saturated heterocycles. The minimum absolute atomic E-state index is 0.145. The molecule has 6 nitrogen and oxygen atoms in total. The number of hydrogen-bond donors (Lipinski definition) is 2. The van der Waals surface area contributed by atoms with Gasteiger partial charge in [0.15, 0.2) is 0 Å². The van der Waals surface area contributed by atoms with E-state index in [4.69, 9.17) is 4.84 Å². The molecule has 0 atom stereocenters. The highest BCUT2D eigenvalue weighted by atomic mass is 79.9. The molecule has 0 radical (unpaired) electrons. The first-order chi connectivity index (χ1) is 15.1. The van der Waals surface area contributed by atoms with Crippen LogP contribution in [0.5, 0.6) is 0 Å². The van der Waals surface area contributed by atoms with Gasteiger partial charge in [-0.2, -0.15) is 0 Å². The lowest BCUT2D eigenvalue weighted by Crippen LogP contribution is -2.29. The molecule has 2 aliphatic heterocycles. The number of hydrogen-bond acceptors (Lipinski definition) is 5. The van der Waals surface area contributed by atoms with Gasteiger partial charge in [0, 0.05) is 33.5 Å². The number of para-hydroxylation sites is 1. The molecule has 2 aliphatic rings. The Bertz CT molecular complexity index is 1040. The van der Waals surface area contributed by atoms with Crippen LogP contribution in [0.4, 0.5) is 11.4 Å². The van der Waals surface area contributed by atoms with E-state index in [1.54, 1.807) is 0 Å². The summed E-state index contributed by atoms with van der Waals surface area (Å²) in [5.74, 6) is -0.145. The van der Waals surface area contributed by atoms with Crippen molar-refractivity contribution in [3.05, 3.63) is 63.8 Å². The lowest BCUT2D eigenvalue weighted by molar-refractivity contribution is -0.110. The number of nitrogens with zero attached hydrogens (tertiary/aromatic N) is 2. The number of halogens is 1. The molecule has 0 aliphatic carbocycles. The first-order valence-electron chi connectivity index (χ1n) is 10.8. The van der Waals surface area contributed by atoms with Gasteiger partial charge in [-0.15, -0.1) is 0 Å². The Morgan fingerprint density at radius 2 is 1.71 bits per heavy atom. The summed E-state index contributed by atoms with van der Waals surface area (Å²) in [5, 5.41) is 10.8. The third kappa shape index (κ3) is 4.52. The number of anilines is 2. The van der Waals surface area contributed by atoms with E-state index in [1.807, 2.05) is 42.5 Å². The van der Waals surface area contributed by atoms with Crippen molar-refractivity contribution in [3.8, 4) is 0 Å². The molecule has 4 rings (SSSR count). The van der Waals surface area contributed by atoms with Gasteiger partial charge in [-0.25, -0.2) is 0 Å². The summed E-state index contributed by atoms with van der Waals surface area (Å²) in [6, 6.07) is 13.7. The fourth-order valence-corrected chi connectivity index (χ4v) is 4.40. The summed E-state index contributed by atoms with van der Waals surface area (Å²) in [6.45, 7) is 7.81. The molecular weight excluding hydrogens is 456 g/mol. The third-order valence-electron chi connectivity index (χ3n) is 5.39. The topological polar surface area (TPSA) is 66.0 Å². The largest absolute Gasteiger partial charge is 0.394 e. The standard InChI is InChI=1S/C24H27BrN4O2/c1-3-11-29(12-4-2)13-14-31-28-22-17-7-5-6-8-19(17)26-23(22)21-18-15-16(25)9-10-20(18)27-24(21)30/h5-10,15,26H,3-4,11-14H2,1-2H3,(H,27,30)/b23-21-,28-22+. The molecule has 31 heavy (non-hydrogen) atoms. The van der Waals surface area contributed by atoms with Crippen molar-refractivity contribution in [1.29, 1.82) is 0 Å². The Morgan fingerprint density at radius 1 is 0.968 bits per heavy atom. The van der Waals surface area contributed by atoms with Crippen molar-refractivity contribution in [1.82, 2.24) is 4.90 Å². The van der Waals surface area contributed by atoms with Crippen molar-refractivity contribution >= 4 is 44.5 Å². The zero-order valence-corrected chi connectivity index (χ0v) is 19.5. The van der Waals surface area contributed by atoms with Crippen LogP contribution < -0.4 is 10.6 Å². The van der Waals surface area contributed by atoms with Crippen LogP contribution in [0.25, 0.3) is 5.57 Å². The normalized spacial score (nSPS) is 18.2. The van der Waals surface area contributed by atoms with Gasteiger partial charge in [0.1, 0.15) is 12.3 Å². The van der Waals surface area contributed by atoms with E-state index in [-0.39, 0.29) is 5.91 Å². The molecule has 1 amide bonds. The molecule has 0 aromatic heterocycles. The quantitative estimate of drug-likeness (QED) is 0.312. The Morgan fingerprint density at radius 3 is 2.48 bits per heavy atom. The summed E-state index contributed by atoms with van der Waals surface area (Å²) >= 11 is 3.51. The van der Waals surface area contributed by atoms with Crippen LogP contribution in [-0.2, 0) is 9.63 Å². The van der Waals surface area contributed by atoms with E-state index in [0.717, 1.165) is 59.5 Å². The summed E-state index contributed by atoms with van der Waals surface area (Å²) < 4.78 is 0.915. The number of benzene rings is 2. The summed E-state index contributed by atoms with van der Waals surface area (Å²) in [4.78, 5) is 21.0. The van der Waals surface area contributed by atoms with Gasteiger partial charge in [0.05, 0.1) is 11.3 Å². The van der Waals surface area contributed by atoms with E-state index >= 15 is 0 Å². The number of amides is 1. The maximum atomic E-state index is 12.9. The van der Waals surface area contributed by atoms with Crippen LogP contribution in [-0.4, -0.2) is 42.8 Å². The molecule has 2 N–H and O–H groups in total. The maximum absolute atomic E-state index is 12.9. The van der Waals surface area contributed by atoms with Gasteiger partial charge in [0.2, 0.25) is 0 Å². The molecular formula is C24H27BrN4O2. The van der Waals surface area contributed by atoms with Crippen molar-refractivity contribution in [2.75, 3.05) is 36.9 Å². The molecule has 0 spiro atoms. The van der Waals surface area contributed by atoms with E-state index in [1.165, 1.54) is 0 Å². The fourth-order valence-electron chi connectivity index (χ4n) is 4.04. The maximum Gasteiger partial charge on any atom is 0.258 e. The summed E-state index contributed by atoms with van der Waals surface area (Å²) in [6.07, 6.45) is 2.23. The van der Waals surface area contributed by atoms with Crippen molar-refractivity contribution < 1.29 is 9.63 Å². The SMILES string of the molecule is CCCN(CCC)CCO/N=C1/C(=C2/C(=O)Nc3ccc(Br)cc32)Nc2ccccc21. The van der Waals surface area contributed by atoms with Crippen LogP contribution in [0, 0.1) is 0 Å². The summed E-state index contributed by atoms with van der Waals surface area (Å²) in [5.41, 5.74) is 5.40. The predicted molar refractivity (Wildman–Crippen MR) is 129 cm³/mol. The zero-order valence-electron chi connectivity index (χ0n) is 17.9. The average molecular weight is 483 g/mol. The van der Waals surface area contributed by atoms with Crippen LogP contribution in [0.2, 0.25) is 0 Å². The smallest absolute Gasteiger partial charge is 0.258 e. The van der Waals surface area contributed by atoms with Gasteiger partial charge >= 0.3 is 0 Å². The third-order valence-corrected chi connectivity index (χ3v) is 5.88. The highest BCUT2D eigenvalue weighted by Crippen LogP contribution is 2.40. The highest BCUT2D eigenvalue weighted by molar-refractivity contribution is 9.10. The second-order valence-corrected chi connectivity index (χ2v) is 8.60. The average Bonchev–Trinajstić information content (AvgIpc) is 3.27. The first-order valence-corrected chi connectivity index (χ1v) is 11.6. The predicted octanol–water partition coefficient (Wildman–Crippen LogP) is 5.08. The molecule has 0 saturated carbocycles. The number of rotatable bonds is 8. The minimum Gasteiger partial charge on any atom is -0.394 e. The van der Waals surface area contributed by atoms with E-state index in [9.17, 15) is 4.79 Å². The minimum atomic E-state index is -0.145. The van der Waals surface area contributed by atoms with E-state index in [2.05, 4.69) is 50.5 Å². The Balaban J connectivity index is 1.65. The molecule has 162 valence electrons. The van der Waals surface area contributed by atoms with Gasteiger partial charge < -0.3 is 15.5 Å². The number of nitrogens with one attached hydrogen (secondary N) is 2. The molecule has 0 unspecified atom stereocenters. The number of fused-ring (bicyclic) bond motifs is 2. The zero-order chi connectivity index (χ0) is 21.8. The summed E-state index contributed by atoms with van der Waals surface area (Å²) in [7, 11) is 0.